The van der Waals surface area contributed by atoms with Crippen LogP contribution in [0.5, 0.6) is 11.5 Å². The second kappa shape index (κ2) is 8.21. The molecule has 0 spiro atoms. The van der Waals surface area contributed by atoms with Crippen LogP contribution in [-0.2, 0) is 20.9 Å². The number of hydrogen-bond donors (Lipinski definition) is 0. The Morgan fingerprint density at radius 1 is 1.18 bits per heavy atom. The summed E-state index contributed by atoms with van der Waals surface area (Å²) >= 11 is 0. The summed E-state index contributed by atoms with van der Waals surface area (Å²) < 4.78 is 20.0. The fraction of sp³-hybridized carbons (Fsp3) is 0.158. The molecule has 1 aliphatic rings. The number of rotatable bonds is 6. The van der Waals surface area contributed by atoms with Crippen molar-refractivity contribution in [2.75, 3.05) is 13.9 Å². The molecule has 0 bridgehead atoms. The first kappa shape index (κ1) is 18.9. The van der Waals surface area contributed by atoms with E-state index in [4.69, 9.17) is 14.2 Å². The van der Waals surface area contributed by atoms with E-state index in [9.17, 15) is 19.7 Å². The lowest BCUT2D eigenvalue weighted by atomic mass is 10.1. The van der Waals surface area contributed by atoms with Crippen LogP contribution in [0, 0.1) is 10.1 Å². The summed E-state index contributed by atoms with van der Waals surface area (Å²) in [6.45, 7) is -0.0374. The molecule has 0 saturated heterocycles. The number of hydrogen-bond acceptors (Lipinski definition) is 8. The molecular formula is C19H15NO8. The predicted molar refractivity (Wildman–Crippen MR) is 95.8 cm³/mol. The number of esters is 2. The number of benzene rings is 2. The first-order valence-electron chi connectivity index (χ1n) is 8.08. The van der Waals surface area contributed by atoms with Crippen LogP contribution in [0.2, 0.25) is 0 Å². The molecule has 3 rings (SSSR count). The van der Waals surface area contributed by atoms with Crippen LogP contribution in [-0.4, -0.2) is 30.8 Å². The zero-order valence-electron chi connectivity index (χ0n) is 14.7. The third kappa shape index (κ3) is 4.26. The van der Waals surface area contributed by atoms with E-state index in [0.29, 0.717) is 16.9 Å². The van der Waals surface area contributed by atoms with Gasteiger partial charge in [-0.05, 0) is 29.8 Å². The van der Waals surface area contributed by atoms with E-state index in [1.807, 2.05) is 0 Å². The first-order valence-corrected chi connectivity index (χ1v) is 8.08. The van der Waals surface area contributed by atoms with Gasteiger partial charge in [-0.25, -0.2) is 9.59 Å². The van der Waals surface area contributed by atoms with E-state index in [0.717, 1.165) is 6.08 Å². The van der Waals surface area contributed by atoms with Gasteiger partial charge in [0.25, 0.3) is 5.69 Å². The second-order valence-electron chi connectivity index (χ2n) is 5.65. The maximum Gasteiger partial charge on any atom is 0.337 e. The Labute approximate surface area is 159 Å². The monoisotopic (exact) mass is 385 g/mol. The molecule has 9 nitrogen and oxygen atoms in total. The van der Waals surface area contributed by atoms with Crippen molar-refractivity contribution in [3.63, 3.8) is 0 Å². The van der Waals surface area contributed by atoms with Crippen molar-refractivity contribution in [3.8, 4) is 11.5 Å². The molecule has 0 saturated carbocycles. The zero-order valence-corrected chi connectivity index (χ0v) is 14.7. The lowest BCUT2D eigenvalue weighted by Gasteiger charge is -2.04. The Morgan fingerprint density at radius 2 is 1.86 bits per heavy atom. The topological polar surface area (TPSA) is 114 Å². The molecule has 28 heavy (non-hydrogen) atoms. The molecule has 0 aromatic heterocycles. The molecule has 0 fully saturated rings. The van der Waals surface area contributed by atoms with Crippen molar-refractivity contribution in [1.29, 1.82) is 0 Å². The Morgan fingerprint density at radius 3 is 2.50 bits per heavy atom. The number of nitrogens with zero attached hydrogens (tertiary/aromatic N) is 1. The maximum atomic E-state index is 11.9. The summed E-state index contributed by atoms with van der Waals surface area (Å²) in [5, 5.41) is 11.2. The highest BCUT2D eigenvalue weighted by molar-refractivity contribution is 5.89. The van der Waals surface area contributed by atoms with Gasteiger partial charge in [-0.1, -0.05) is 12.1 Å². The summed E-state index contributed by atoms with van der Waals surface area (Å²) in [6.07, 6.45) is 2.37. The summed E-state index contributed by atoms with van der Waals surface area (Å²) in [5.41, 5.74) is 1.02. The molecule has 2 aromatic rings. The molecule has 0 aliphatic carbocycles. The average Bonchev–Trinajstić information content (AvgIpc) is 3.17. The molecule has 1 heterocycles. The highest BCUT2D eigenvalue weighted by Gasteiger charge is 2.22. The van der Waals surface area contributed by atoms with E-state index >= 15 is 0 Å². The molecule has 2 aromatic carbocycles. The molecule has 0 unspecified atom stereocenters. The SMILES string of the molecule is COC(=O)c1ccc(COC(=O)/C=C/c2cc3c(cc2[N+](=O)[O-])OCO3)cc1. The van der Waals surface area contributed by atoms with Crippen molar-refractivity contribution in [1.82, 2.24) is 0 Å². The van der Waals surface area contributed by atoms with Gasteiger partial charge >= 0.3 is 11.9 Å². The lowest BCUT2D eigenvalue weighted by Crippen LogP contribution is -2.03. The van der Waals surface area contributed by atoms with Crippen molar-refractivity contribution < 1.29 is 33.5 Å². The van der Waals surface area contributed by atoms with Crippen LogP contribution in [0.3, 0.4) is 0 Å². The summed E-state index contributed by atoms with van der Waals surface area (Å²) in [7, 11) is 1.29. The van der Waals surface area contributed by atoms with Gasteiger partial charge in [-0.2, -0.15) is 0 Å². The second-order valence-corrected chi connectivity index (χ2v) is 5.65. The van der Waals surface area contributed by atoms with Crippen LogP contribution in [0.25, 0.3) is 6.08 Å². The Hall–Kier alpha value is -3.88. The highest BCUT2D eigenvalue weighted by atomic mass is 16.7. The molecular weight excluding hydrogens is 370 g/mol. The van der Waals surface area contributed by atoms with Crippen LogP contribution >= 0.6 is 0 Å². The Balaban J connectivity index is 1.64. The molecule has 9 heteroatoms. The van der Waals surface area contributed by atoms with Gasteiger partial charge in [0.05, 0.1) is 29.2 Å². The third-order valence-electron chi connectivity index (χ3n) is 3.87. The molecule has 0 N–H and O–H groups in total. The third-order valence-corrected chi connectivity index (χ3v) is 3.87. The van der Waals surface area contributed by atoms with Crippen molar-refractivity contribution in [2.24, 2.45) is 0 Å². The van der Waals surface area contributed by atoms with Gasteiger partial charge in [0.2, 0.25) is 6.79 Å². The van der Waals surface area contributed by atoms with Crippen LogP contribution in [0.15, 0.2) is 42.5 Å². The summed E-state index contributed by atoms with van der Waals surface area (Å²) in [4.78, 5) is 33.9. The Bertz CT molecular complexity index is 949. The number of methoxy groups -OCH3 is 1. The molecule has 0 atom stereocenters. The summed E-state index contributed by atoms with van der Waals surface area (Å²) in [5.74, 6) is -0.494. The number of fused-ring (bicyclic) bond motifs is 1. The number of carbonyl (C=O) groups is 2. The Kier molecular flexibility index (Phi) is 5.54. The fourth-order valence-electron chi connectivity index (χ4n) is 2.45. The molecule has 0 amide bonds. The van der Waals surface area contributed by atoms with Crippen LogP contribution < -0.4 is 9.47 Å². The normalized spacial score (nSPS) is 12.0. The van der Waals surface area contributed by atoms with E-state index < -0.39 is 16.9 Å². The molecule has 1 aliphatic heterocycles. The smallest absolute Gasteiger partial charge is 0.337 e. The number of nitro groups is 1. The number of nitro benzene ring substituents is 1. The van der Waals surface area contributed by atoms with Gasteiger partial charge < -0.3 is 18.9 Å². The number of carbonyl (C=O) groups excluding carboxylic acids is 2. The van der Waals surface area contributed by atoms with Crippen LogP contribution in [0.1, 0.15) is 21.5 Å². The maximum absolute atomic E-state index is 11.9. The minimum atomic E-state index is -0.677. The van der Waals surface area contributed by atoms with Crippen LogP contribution in [0.4, 0.5) is 5.69 Å². The van der Waals surface area contributed by atoms with Gasteiger partial charge in [0.15, 0.2) is 11.5 Å². The summed E-state index contributed by atoms with van der Waals surface area (Å²) in [6, 6.07) is 9.05. The van der Waals surface area contributed by atoms with Gasteiger partial charge in [0, 0.05) is 6.08 Å². The quantitative estimate of drug-likeness (QED) is 0.323. The van der Waals surface area contributed by atoms with Crippen molar-refractivity contribution in [2.45, 2.75) is 6.61 Å². The zero-order chi connectivity index (χ0) is 20.1. The van der Waals surface area contributed by atoms with Crippen molar-refractivity contribution in [3.05, 3.63) is 69.3 Å². The largest absolute Gasteiger partial charge is 0.465 e. The van der Waals surface area contributed by atoms with Gasteiger partial charge in [0.1, 0.15) is 6.61 Å². The molecule has 0 radical (unpaired) electrons. The average molecular weight is 385 g/mol. The lowest BCUT2D eigenvalue weighted by molar-refractivity contribution is -0.385. The minimum Gasteiger partial charge on any atom is -0.465 e. The van der Waals surface area contributed by atoms with E-state index in [1.165, 1.54) is 25.3 Å². The standard InChI is InChI=1S/C19H15NO8/c1-25-19(22)13-4-2-12(3-5-13)10-26-18(21)7-6-14-8-16-17(28-11-27-16)9-15(14)20(23)24/h2-9H,10-11H2,1H3/b7-6+. The van der Waals surface area contributed by atoms with Gasteiger partial charge in [-0.3, -0.25) is 10.1 Å². The minimum absolute atomic E-state index is 0.0174. The van der Waals surface area contributed by atoms with E-state index in [-0.39, 0.29) is 30.4 Å². The number of ether oxygens (including phenoxy) is 4. The van der Waals surface area contributed by atoms with E-state index in [2.05, 4.69) is 4.74 Å². The van der Waals surface area contributed by atoms with Crippen molar-refractivity contribution >= 4 is 23.7 Å². The van der Waals surface area contributed by atoms with E-state index in [1.54, 1.807) is 24.3 Å². The molecule has 144 valence electrons. The highest BCUT2D eigenvalue weighted by Crippen LogP contribution is 2.38. The first-order chi connectivity index (χ1) is 13.5. The van der Waals surface area contributed by atoms with Gasteiger partial charge in [-0.15, -0.1) is 0 Å². The fourth-order valence-corrected chi connectivity index (χ4v) is 2.45. The predicted octanol–water partition coefficient (Wildman–Crippen LogP) is 2.87.